The van der Waals surface area contributed by atoms with Gasteiger partial charge in [-0.05, 0) is 30.2 Å². The molecule has 1 aromatic carbocycles. The summed E-state index contributed by atoms with van der Waals surface area (Å²) in [4.78, 5) is 2.66. The van der Waals surface area contributed by atoms with E-state index in [4.69, 9.17) is 21.7 Å². The van der Waals surface area contributed by atoms with Gasteiger partial charge in [0.05, 0.1) is 6.54 Å². The van der Waals surface area contributed by atoms with Crippen LogP contribution in [-0.4, -0.2) is 5.16 Å². The van der Waals surface area contributed by atoms with Gasteiger partial charge < -0.3 is 4.52 Å². The minimum absolute atomic E-state index is 0.156. The number of halogens is 1. The highest BCUT2D eigenvalue weighted by Gasteiger charge is 2.08. The van der Waals surface area contributed by atoms with Gasteiger partial charge in [-0.2, -0.15) is 0 Å². The van der Waals surface area contributed by atoms with Crippen LogP contribution in [0.1, 0.15) is 11.3 Å². The summed E-state index contributed by atoms with van der Waals surface area (Å²) in [6.07, 6.45) is 0. The standard InChI is InChI=1S/C11H9ClN4O/c1-7-2-3-8(12)4-10(7)11-5-9(17-15-11)6-14-16-13/h2-5H,6H2,1H3. The summed E-state index contributed by atoms with van der Waals surface area (Å²) < 4.78 is 5.06. The first-order chi connectivity index (χ1) is 8.20. The van der Waals surface area contributed by atoms with Gasteiger partial charge in [0.15, 0.2) is 0 Å². The molecule has 0 spiro atoms. The van der Waals surface area contributed by atoms with Gasteiger partial charge >= 0.3 is 0 Å². The highest BCUT2D eigenvalue weighted by atomic mass is 35.5. The Morgan fingerprint density at radius 1 is 1.47 bits per heavy atom. The Labute approximate surface area is 103 Å². The van der Waals surface area contributed by atoms with Crippen molar-refractivity contribution in [2.75, 3.05) is 0 Å². The Morgan fingerprint density at radius 3 is 3.06 bits per heavy atom. The summed E-state index contributed by atoms with van der Waals surface area (Å²) in [7, 11) is 0. The largest absolute Gasteiger partial charge is 0.361 e. The van der Waals surface area contributed by atoms with Gasteiger partial charge in [-0.3, -0.25) is 0 Å². The van der Waals surface area contributed by atoms with Crippen molar-refractivity contribution in [1.29, 1.82) is 0 Å². The molecule has 0 amide bonds. The quantitative estimate of drug-likeness (QED) is 0.466. The van der Waals surface area contributed by atoms with Crippen LogP contribution in [0.25, 0.3) is 21.7 Å². The van der Waals surface area contributed by atoms with Gasteiger partial charge in [0.2, 0.25) is 0 Å². The summed E-state index contributed by atoms with van der Waals surface area (Å²) in [5.41, 5.74) is 10.9. The molecule has 0 saturated carbocycles. The van der Waals surface area contributed by atoms with Crippen LogP contribution in [0.5, 0.6) is 0 Å². The number of rotatable bonds is 3. The van der Waals surface area contributed by atoms with E-state index in [-0.39, 0.29) is 6.54 Å². The van der Waals surface area contributed by atoms with Crippen molar-refractivity contribution in [3.63, 3.8) is 0 Å². The number of aryl methyl sites for hydroxylation is 1. The van der Waals surface area contributed by atoms with Crippen LogP contribution < -0.4 is 0 Å². The number of benzene rings is 1. The molecule has 0 fully saturated rings. The van der Waals surface area contributed by atoms with Crippen LogP contribution in [0.3, 0.4) is 0 Å². The van der Waals surface area contributed by atoms with Crippen LogP contribution >= 0.6 is 11.6 Å². The van der Waals surface area contributed by atoms with E-state index in [1.807, 2.05) is 25.1 Å². The van der Waals surface area contributed by atoms with Crippen molar-refractivity contribution < 1.29 is 4.52 Å². The molecule has 0 aliphatic rings. The second kappa shape index (κ2) is 4.91. The predicted molar refractivity (Wildman–Crippen MR) is 64.5 cm³/mol. The Balaban J connectivity index is 2.36. The lowest BCUT2D eigenvalue weighted by molar-refractivity contribution is 0.387. The molecule has 0 unspecified atom stereocenters. The van der Waals surface area contributed by atoms with Crippen LogP contribution in [0.4, 0.5) is 0 Å². The molecular formula is C11H9ClN4O. The summed E-state index contributed by atoms with van der Waals surface area (Å²) in [5, 5.41) is 7.98. The van der Waals surface area contributed by atoms with E-state index in [2.05, 4.69) is 15.2 Å². The minimum atomic E-state index is 0.156. The smallest absolute Gasteiger partial charge is 0.143 e. The molecule has 5 nitrogen and oxygen atoms in total. The molecule has 0 aliphatic carbocycles. The van der Waals surface area contributed by atoms with Crippen LogP contribution in [0, 0.1) is 6.92 Å². The van der Waals surface area contributed by atoms with Crippen LogP contribution in [0.2, 0.25) is 5.02 Å². The zero-order valence-corrected chi connectivity index (χ0v) is 9.85. The fourth-order valence-corrected chi connectivity index (χ4v) is 1.66. The van der Waals surface area contributed by atoms with E-state index in [0.717, 1.165) is 11.1 Å². The zero-order chi connectivity index (χ0) is 12.3. The van der Waals surface area contributed by atoms with Gasteiger partial charge in [-0.15, -0.1) is 0 Å². The minimum Gasteiger partial charge on any atom is -0.361 e. The second-order valence-electron chi connectivity index (χ2n) is 3.53. The fourth-order valence-electron chi connectivity index (χ4n) is 1.49. The Morgan fingerprint density at radius 2 is 2.29 bits per heavy atom. The molecule has 17 heavy (non-hydrogen) atoms. The third-order valence-electron chi connectivity index (χ3n) is 2.32. The third kappa shape index (κ3) is 2.58. The lowest BCUT2D eigenvalue weighted by Crippen LogP contribution is -1.82. The zero-order valence-electron chi connectivity index (χ0n) is 9.09. The number of aromatic nitrogens is 1. The van der Waals surface area contributed by atoms with Crippen molar-refractivity contribution in [2.45, 2.75) is 13.5 Å². The van der Waals surface area contributed by atoms with E-state index in [1.165, 1.54) is 0 Å². The lowest BCUT2D eigenvalue weighted by atomic mass is 10.1. The van der Waals surface area contributed by atoms with Crippen molar-refractivity contribution in [3.05, 3.63) is 51.1 Å². The maximum atomic E-state index is 8.21. The Bertz CT molecular complexity index is 587. The van der Waals surface area contributed by atoms with Crippen LogP contribution in [-0.2, 0) is 6.54 Å². The first-order valence-corrected chi connectivity index (χ1v) is 5.31. The normalized spacial score (nSPS) is 10.0. The molecule has 0 bridgehead atoms. The summed E-state index contributed by atoms with van der Waals surface area (Å²) >= 11 is 5.93. The average Bonchev–Trinajstić information content (AvgIpc) is 2.78. The Kier molecular flexibility index (Phi) is 3.32. The van der Waals surface area contributed by atoms with Gasteiger partial charge in [-0.25, -0.2) is 0 Å². The number of hydrogen-bond donors (Lipinski definition) is 0. The van der Waals surface area contributed by atoms with Gasteiger partial charge in [0.25, 0.3) is 0 Å². The van der Waals surface area contributed by atoms with E-state index >= 15 is 0 Å². The molecule has 86 valence electrons. The molecule has 1 aromatic heterocycles. The number of nitrogens with zero attached hydrogens (tertiary/aromatic N) is 4. The number of azide groups is 1. The molecule has 0 atom stereocenters. The first-order valence-electron chi connectivity index (χ1n) is 4.93. The first kappa shape index (κ1) is 11.5. The summed E-state index contributed by atoms with van der Waals surface area (Å²) in [6, 6.07) is 7.31. The Hall–Kier alpha value is -1.97. The SMILES string of the molecule is Cc1ccc(Cl)cc1-c1cc(CN=[N+]=[N-])on1. The highest BCUT2D eigenvalue weighted by molar-refractivity contribution is 6.30. The molecular weight excluding hydrogens is 240 g/mol. The van der Waals surface area contributed by atoms with E-state index in [0.29, 0.717) is 16.5 Å². The summed E-state index contributed by atoms with van der Waals surface area (Å²) in [6.45, 7) is 2.12. The van der Waals surface area contributed by atoms with Gasteiger partial charge in [0.1, 0.15) is 11.5 Å². The predicted octanol–water partition coefficient (Wildman–Crippen LogP) is 4.11. The highest BCUT2D eigenvalue weighted by Crippen LogP contribution is 2.26. The maximum Gasteiger partial charge on any atom is 0.143 e. The van der Waals surface area contributed by atoms with E-state index < -0.39 is 0 Å². The molecule has 0 radical (unpaired) electrons. The topological polar surface area (TPSA) is 74.8 Å². The van der Waals surface area contributed by atoms with Gasteiger partial charge in [-0.1, -0.05) is 27.9 Å². The molecule has 0 aliphatic heterocycles. The average molecular weight is 249 g/mol. The second-order valence-corrected chi connectivity index (χ2v) is 3.96. The molecule has 6 heteroatoms. The van der Waals surface area contributed by atoms with E-state index in [9.17, 15) is 0 Å². The molecule has 0 saturated heterocycles. The van der Waals surface area contributed by atoms with E-state index in [1.54, 1.807) is 6.07 Å². The fraction of sp³-hybridized carbons (Fsp3) is 0.182. The number of hydrogen-bond acceptors (Lipinski definition) is 3. The van der Waals surface area contributed by atoms with Crippen molar-refractivity contribution in [2.24, 2.45) is 5.11 Å². The molecule has 2 aromatic rings. The molecule has 0 N–H and O–H groups in total. The monoisotopic (exact) mass is 248 g/mol. The maximum absolute atomic E-state index is 8.21. The van der Waals surface area contributed by atoms with Crippen molar-refractivity contribution in [3.8, 4) is 11.3 Å². The van der Waals surface area contributed by atoms with Gasteiger partial charge in [0, 0.05) is 21.6 Å². The summed E-state index contributed by atoms with van der Waals surface area (Å²) in [5.74, 6) is 0.525. The van der Waals surface area contributed by atoms with Crippen LogP contribution in [0.15, 0.2) is 33.9 Å². The van der Waals surface area contributed by atoms with Crippen molar-refractivity contribution >= 4 is 11.6 Å². The molecule has 1 heterocycles. The third-order valence-corrected chi connectivity index (χ3v) is 2.56. The molecule has 2 rings (SSSR count). The van der Waals surface area contributed by atoms with Crippen molar-refractivity contribution in [1.82, 2.24) is 5.16 Å². The lowest BCUT2D eigenvalue weighted by Gasteiger charge is -2.01.